The van der Waals surface area contributed by atoms with Gasteiger partial charge in [-0.1, -0.05) is 5.57 Å². The van der Waals surface area contributed by atoms with Gasteiger partial charge < -0.3 is 15.8 Å². The van der Waals surface area contributed by atoms with E-state index in [-0.39, 0.29) is 0 Å². The van der Waals surface area contributed by atoms with Crippen LogP contribution in [-0.2, 0) is 4.74 Å². The summed E-state index contributed by atoms with van der Waals surface area (Å²) in [7, 11) is 0. The lowest BCUT2D eigenvalue weighted by Crippen LogP contribution is -2.24. The highest BCUT2D eigenvalue weighted by molar-refractivity contribution is 5.64. The van der Waals surface area contributed by atoms with Crippen LogP contribution in [0, 0.1) is 0 Å². The maximum Gasteiger partial charge on any atom is 0.404 e. The lowest BCUT2D eigenvalue weighted by Gasteiger charge is -2.03. The predicted octanol–water partition coefficient (Wildman–Crippen LogP) is 0.638. The second kappa shape index (κ2) is 6.67. The first-order chi connectivity index (χ1) is 5.63. The van der Waals surface area contributed by atoms with Crippen molar-refractivity contribution in [1.82, 2.24) is 5.32 Å². The molecule has 0 radical (unpaired) electrons. The van der Waals surface area contributed by atoms with E-state index in [1.54, 1.807) is 0 Å². The largest absolute Gasteiger partial charge is 0.448 e. The van der Waals surface area contributed by atoms with Crippen LogP contribution in [0.2, 0.25) is 0 Å². The van der Waals surface area contributed by atoms with Crippen LogP contribution in [0.4, 0.5) is 4.79 Å². The maximum atomic E-state index is 10.1. The Hall–Kier alpha value is -1.03. The Kier molecular flexibility index (Phi) is 6.09. The molecule has 0 unspecified atom stereocenters. The van der Waals surface area contributed by atoms with Gasteiger partial charge in [-0.15, -0.1) is 6.58 Å². The molecule has 0 spiro atoms. The summed E-state index contributed by atoms with van der Waals surface area (Å²) in [5, 5.41) is 3.08. The molecule has 0 aromatic carbocycles. The zero-order valence-corrected chi connectivity index (χ0v) is 7.43. The first kappa shape index (κ1) is 11.0. The Bertz CT molecular complexity index is 139. The van der Waals surface area contributed by atoms with Gasteiger partial charge in [0, 0.05) is 6.54 Å². The second-order valence-corrected chi connectivity index (χ2v) is 2.62. The summed E-state index contributed by atoms with van der Waals surface area (Å²) < 4.78 is 4.50. The van der Waals surface area contributed by atoms with Crippen molar-refractivity contribution in [3.63, 3.8) is 0 Å². The van der Waals surface area contributed by atoms with Crippen molar-refractivity contribution in [3.05, 3.63) is 12.2 Å². The average molecular weight is 172 g/mol. The van der Waals surface area contributed by atoms with Crippen molar-refractivity contribution < 1.29 is 9.53 Å². The van der Waals surface area contributed by atoms with E-state index in [4.69, 9.17) is 5.73 Å². The first-order valence-corrected chi connectivity index (χ1v) is 3.90. The monoisotopic (exact) mass is 172 g/mol. The van der Waals surface area contributed by atoms with Gasteiger partial charge in [-0.3, -0.25) is 0 Å². The third-order valence-electron chi connectivity index (χ3n) is 1.25. The molecule has 0 fully saturated rings. The number of rotatable bonds is 6. The molecule has 0 aliphatic heterocycles. The number of hydrogen-bond donors (Lipinski definition) is 2. The van der Waals surface area contributed by atoms with Gasteiger partial charge in [0.1, 0.15) is 6.61 Å². The first-order valence-electron chi connectivity index (χ1n) is 3.90. The standard InChI is InChI=1S/C8H16N2O2/c1-7(2)3-4-10-5-6-12-8(9)11/h10H,1,3-6H2,2H3,(H2,9,11). The molecule has 0 aromatic rings. The molecule has 4 nitrogen and oxygen atoms in total. The van der Waals surface area contributed by atoms with Crippen LogP contribution in [0.15, 0.2) is 12.2 Å². The molecule has 0 saturated carbocycles. The van der Waals surface area contributed by atoms with E-state index in [2.05, 4.69) is 16.6 Å². The Balaban J connectivity index is 3.01. The van der Waals surface area contributed by atoms with E-state index in [0.717, 1.165) is 18.5 Å². The van der Waals surface area contributed by atoms with Crippen molar-refractivity contribution in [2.75, 3.05) is 19.7 Å². The highest BCUT2D eigenvalue weighted by Gasteiger charge is 1.92. The van der Waals surface area contributed by atoms with Crippen LogP contribution in [0.3, 0.4) is 0 Å². The summed E-state index contributed by atoms with van der Waals surface area (Å²) in [6.45, 7) is 7.55. The Labute approximate surface area is 72.8 Å². The van der Waals surface area contributed by atoms with Crippen molar-refractivity contribution in [2.45, 2.75) is 13.3 Å². The summed E-state index contributed by atoms with van der Waals surface area (Å²) in [5.41, 5.74) is 5.89. The average Bonchev–Trinajstić information content (AvgIpc) is 1.95. The van der Waals surface area contributed by atoms with Crippen LogP contribution >= 0.6 is 0 Å². The predicted molar refractivity (Wildman–Crippen MR) is 47.8 cm³/mol. The third-order valence-corrected chi connectivity index (χ3v) is 1.25. The number of amides is 1. The molecule has 70 valence electrons. The summed E-state index contributed by atoms with van der Waals surface area (Å²) in [6.07, 6.45) is 0.216. The Morgan fingerprint density at radius 2 is 2.25 bits per heavy atom. The number of primary amides is 1. The molecular weight excluding hydrogens is 156 g/mol. The minimum Gasteiger partial charge on any atom is -0.448 e. The van der Waals surface area contributed by atoms with Gasteiger partial charge in [0.15, 0.2) is 0 Å². The zero-order chi connectivity index (χ0) is 9.40. The number of nitrogens with two attached hydrogens (primary N) is 1. The summed E-state index contributed by atoms with van der Waals surface area (Å²) in [4.78, 5) is 10.1. The van der Waals surface area contributed by atoms with E-state index in [0.29, 0.717) is 13.2 Å². The van der Waals surface area contributed by atoms with Crippen LogP contribution in [0.1, 0.15) is 13.3 Å². The molecule has 0 aliphatic rings. The fraction of sp³-hybridized carbons (Fsp3) is 0.625. The number of carbonyl (C=O) groups is 1. The number of ether oxygens (including phenoxy) is 1. The molecule has 3 N–H and O–H groups in total. The summed E-state index contributed by atoms with van der Waals surface area (Å²) >= 11 is 0. The Morgan fingerprint density at radius 3 is 2.75 bits per heavy atom. The normalized spacial score (nSPS) is 9.42. The molecule has 0 bridgehead atoms. The summed E-state index contributed by atoms with van der Waals surface area (Å²) in [5.74, 6) is 0. The van der Waals surface area contributed by atoms with E-state index in [1.165, 1.54) is 0 Å². The highest BCUT2D eigenvalue weighted by atomic mass is 16.5. The van der Waals surface area contributed by atoms with E-state index in [1.807, 2.05) is 6.92 Å². The fourth-order valence-electron chi connectivity index (χ4n) is 0.651. The maximum absolute atomic E-state index is 10.1. The topological polar surface area (TPSA) is 64.3 Å². The molecule has 0 saturated heterocycles. The van der Waals surface area contributed by atoms with E-state index in [9.17, 15) is 4.79 Å². The van der Waals surface area contributed by atoms with Crippen molar-refractivity contribution in [3.8, 4) is 0 Å². The van der Waals surface area contributed by atoms with Crippen molar-refractivity contribution >= 4 is 6.09 Å². The van der Waals surface area contributed by atoms with Crippen molar-refractivity contribution in [1.29, 1.82) is 0 Å². The minimum atomic E-state index is -0.725. The van der Waals surface area contributed by atoms with Gasteiger partial charge in [0.2, 0.25) is 0 Å². The van der Waals surface area contributed by atoms with Crippen LogP contribution < -0.4 is 11.1 Å². The van der Waals surface area contributed by atoms with Gasteiger partial charge in [-0.25, -0.2) is 4.79 Å². The van der Waals surface area contributed by atoms with Gasteiger partial charge >= 0.3 is 6.09 Å². The third kappa shape index (κ3) is 8.97. The van der Waals surface area contributed by atoms with Gasteiger partial charge in [0.05, 0.1) is 0 Å². The number of carbonyl (C=O) groups excluding carboxylic acids is 1. The van der Waals surface area contributed by atoms with Gasteiger partial charge in [-0.2, -0.15) is 0 Å². The van der Waals surface area contributed by atoms with Crippen LogP contribution in [0.5, 0.6) is 0 Å². The molecule has 4 heteroatoms. The van der Waals surface area contributed by atoms with E-state index >= 15 is 0 Å². The van der Waals surface area contributed by atoms with Crippen LogP contribution in [0.25, 0.3) is 0 Å². The van der Waals surface area contributed by atoms with E-state index < -0.39 is 6.09 Å². The fourth-order valence-corrected chi connectivity index (χ4v) is 0.651. The Morgan fingerprint density at radius 1 is 1.58 bits per heavy atom. The number of hydrogen-bond acceptors (Lipinski definition) is 3. The lowest BCUT2D eigenvalue weighted by molar-refractivity contribution is 0.157. The second-order valence-electron chi connectivity index (χ2n) is 2.62. The highest BCUT2D eigenvalue weighted by Crippen LogP contribution is 1.91. The van der Waals surface area contributed by atoms with Crippen molar-refractivity contribution in [2.24, 2.45) is 5.73 Å². The molecule has 0 atom stereocenters. The number of nitrogens with one attached hydrogen (secondary N) is 1. The molecule has 1 amide bonds. The molecule has 0 aliphatic carbocycles. The van der Waals surface area contributed by atoms with Gasteiger partial charge in [0.25, 0.3) is 0 Å². The quantitative estimate of drug-likeness (QED) is 0.456. The molecule has 0 heterocycles. The van der Waals surface area contributed by atoms with Crippen LogP contribution in [-0.4, -0.2) is 25.8 Å². The smallest absolute Gasteiger partial charge is 0.404 e. The summed E-state index contributed by atoms with van der Waals surface area (Å²) in [6, 6.07) is 0. The molecule has 0 rings (SSSR count). The minimum absolute atomic E-state index is 0.325. The zero-order valence-electron chi connectivity index (χ0n) is 7.43. The molecular formula is C8H16N2O2. The SMILES string of the molecule is C=C(C)CCNCCOC(N)=O. The van der Waals surface area contributed by atoms with Gasteiger partial charge in [-0.05, 0) is 19.9 Å². The molecule has 0 aromatic heterocycles. The molecule has 12 heavy (non-hydrogen) atoms. The lowest BCUT2D eigenvalue weighted by atomic mass is 10.2.